The first-order chi connectivity index (χ1) is 19.4. The highest BCUT2D eigenvalue weighted by molar-refractivity contribution is 6.28. The Morgan fingerprint density at radius 2 is 1.70 bits per heavy atom. The van der Waals surface area contributed by atoms with Crippen LogP contribution in [0, 0.1) is 0 Å². The van der Waals surface area contributed by atoms with E-state index >= 15 is 0 Å². The molecule has 2 aromatic heterocycles. The van der Waals surface area contributed by atoms with Crippen LogP contribution < -0.4 is 10.6 Å². The molecular formula is C27H26ClN7O5. The average Bonchev–Trinajstić information content (AvgIpc) is 3.61. The molecule has 0 radical (unpaired) electrons. The number of nitrogens with one attached hydrogen (secondary N) is 2. The van der Waals surface area contributed by atoms with Crippen molar-refractivity contribution in [2.24, 2.45) is 0 Å². The number of aliphatic hydroxyl groups is 2. The number of halogens is 1. The number of nitrogens with zero attached hydrogens (tertiary/aromatic N) is 5. The molecular weight excluding hydrogens is 538 g/mol. The average molecular weight is 564 g/mol. The van der Waals surface area contributed by atoms with Crippen molar-refractivity contribution in [1.82, 2.24) is 29.7 Å². The predicted octanol–water partition coefficient (Wildman–Crippen LogP) is 1.89. The van der Waals surface area contributed by atoms with Gasteiger partial charge in [-0.15, -0.1) is 0 Å². The number of hydrogen-bond acceptors (Lipinski definition) is 9. The number of aromatic nitrogens is 4. The number of amides is 3. The molecule has 0 saturated carbocycles. The first-order valence-corrected chi connectivity index (χ1v) is 13.1. The van der Waals surface area contributed by atoms with Gasteiger partial charge >= 0.3 is 6.03 Å². The van der Waals surface area contributed by atoms with Gasteiger partial charge in [-0.05, 0) is 22.7 Å². The van der Waals surface area contributed by atoms with Crippen molar-refractivity contribution in [3.05, 3.63) is 83.4 Å². The summed E-state index contributed by atoms with van der Waals surface area (Å²) >= 11 is 6.30. The summed E-state index contributed by atoms with van der Waals surface area (Å²) in [5.41, 5.74) is 2.92. The Morgan fingerprint density at radius 1 is 1.02 bits per heavy atom. The van der Waals surface area contributed by atoms with Gasteiger partial charge in [0.05, 0.1) is 19.4 Å². The molecule has 2 aromatic carbocycles. The van der Waals surface area contributed by atoms with Crippen LogP contribution in [0.2, 0.25) is 5.28 Å². The van der Waals surface area contributed by atoms with Gasteiger partial charge in [-0.25, -0.2) is 9.78 Å². The summed E-state index contributed by atoms with van der Waals surface area (Å²) in [5.74, 6) is -0.0319. The van der Waals surface area contributed by atoms with Crippen LogP contribution in [0.25, 0.3) is 11.2 Å². The first kappa shape index (κ1) is 26.1. The van der Waals surface area contributed by atoms with Crippen LogP contribution in [0.4, 0.5) is 10.6 Å². The smallest absolute Gasteiger partial charge is 0.324 e. The molecule has 2 aliphatic rings. The quantitative estimate of drug-likeness (QED) is 0.186. The molecule has 0 aliphatic carbocycles. The minimum Gasteiger partial charge on any atom is -0.387 e. The Bertz CT molecular complexity index is 1480. The number of imide groups is 1. The lowest BCUT2D eigenvalue weighted by Gasteiger charge is -2.20. The minimum absolute atomic E-state index is 0.00895. The van der Waals surface area contributed by atoms with Crippen LogP contribution in [0.1, 0.15) is 23.3 Å². The molecule has 40 heavy (non-hydrogen) atoms. The normalized spacial score (nSPS) is 22.9. The standard InChI is InChI=1S/C27H26ClN7O5/c28-26-32-23(29-11-17(15-7-3-1-4-8-15)16-9-5-2-6-10-16)20-24(33-26)35(14-31-20)25-22(38)21(37)18(40-25)13-34-19(36)12-30-27(34)39/h1-10,14,17-18,21-22,25,37-38H,11-13H2,(H,30,39)(H,29,32,33)/t18-,21-,22?,25-/m1/s1. The zero-order chi connectivity index (χ0) is 27.8. The lowest BCUT2D eigenvalue weighted by Crippen LogP contribution is -2.42. The molecule has 13 heteroatoms. The Labute approximate surface area is 233 Å². The summed E-state index contributed by atoms with van der Waals surface area (Å²) in [6.07, 6.45) is -3.43. The van der Waals surface area contributed by atoms with Crippen molar-refractivity contribution in [3.8, 4) is 0 Å². The van der Waals surface area contributed by atoms with Gasteiger partial charge in [-0.3, -0.25) is 14.3 Å². The summed E-state index contributed by atoms with van der Waals surface area (Å²) in [7, 11) is 0. The topological polar surface area (TPSA) is 155 Å². The van der Waals surface area contributed by atoms with Gasteiger partial charge in [0, 0.05) is 12.5 Å². The van der Waals surface area contributed by atoms with Crippen molar-refractivity contribution < 1.29 is 24.5 Å². The molecule has 1 unspecified atom stereocenters. The van der Waals surface area contributed by atoms with E-state index in [1.54, 1.807) is 0 Å². The molecule has 4 atom stereocenters. The number of rotatable bonds is 8. The maximum Gasteiger partial charge on any atom is 0.324 e. The number of aliphatic hydroxyl groups excluding tert-OH is 2. The van der Waals surface area contributed by atoms with E-state index in [9.17, 15) is 19.8 Å². The summed E-state index contributed by atoms with van der Waals surface area (Å²) in [6.45, 7) is 0.147. The third kappa shape index (κ3) is 4.86. The summed E-state index contributed by atoms with van der Waals surface area (Å²) < 4.78 is 7.37. The van der Waals surface area contributed by atoms with Crippen LogP contribution in [0.5, 0.6) is 0 Å². The predicted molar refractivity (Wildman–Crippen MR) is 145 cm³/mol. The largest absolute Gasteiger partial charge is 0.387 e. The molecule has 4 heterocycles. The molecule has 6 rings (SSSR count). The fourth-order valence-corrected chi connectivity index (χ4v) is 5.29. The van der Waals surface area contributed by atoms with Gasteiger partial charge < -0.3 is 25.6 Å². The second kappa shape index (κ2) is 10.8. The van der Waals surface area contributed by atoms with Crippen molar-refractivity contribution in [3.63, 3.8) is 0 Å². The number of hydrogen-bond donors (Lipinski definition) is 4. The number of urea groups is 1. The SMILES string of the molecule is O=C1CNC(=O)N1C[C@H]1O[C@@H](n2cnc3c(NCC(c4ccccc4)c4ccccc4)nc(Cl)nc32)C(O)[C@@H]1O. The third-order valence-corrected chi connectivity index (χ3v) is 7.35. The van der Waals surface area contributed by atoms with Gasteiger partial charge in [0.15, 0.2) is 23.2 Å². The lowest BCUT2D eigenvalue weighted by atomic mass is 9.91. The molecule has 12 nitrogen and oxygen atoms in total. The molecule has 0 spiro atoms. The van der Waals surface area contributed by atoms with E-state index in [1.165, 1.54) is 10.9 Å². The number of fused-ring (bicyclic) bond motifs is 1. The molecule has 2 fully saturated rings. The number of imidazole rings is 1. The molecule has 3 amide bonds. The first-order valence-electron chi connectivity index (χ1n) is 12.7. The third-order valence-electron chi connectivity index (χ3n) is 7.18. The zero-order valence-electron chi connectivity index (χ0n) is 21.1. The Hall–Kier alpha value is -4.10. The zero-order valence-corrected chi connectivity index (χ0v) is 21.8. The van der Waals surface area contributed by atoms with Crippen LogP contribution in [-0.4, -0.2) is 84.5 Å². The molecule has 2 aliphatic heterocycles. The maximum absolute atomic E-state index is 12.0. The van der Waals surface area contributed by atoms with E-state index in [2.05, 4.69) is 49.9 Å². The van der Waals surface area contributed by atoms with E-state index in [0.29, 0.717) is 17.9 Å². The van der Waals surface area contributed by atoms with Gasteiger partial charge in [-0.2, -0.15) is 9.97 Å². The maximum atomic E-state index is 12.0. The van der Waals surface area contributed by atoms with Gasteiger partial charge in [0.25, 0.3) is 0 Å². The Morgan fingerprint density at radius 3 is 2.33 bits per heavy atom. The van der Waals surface area contributed by atoms with E-state index in [0.717, 1.165) is 16.0 Å². The summed E-state index contributed by atoms with van der Waals surface area (Å²) in [6, 6.07) is 19.6. The van der Waals surface area contributed by atoms with E-state index in [4.69, 9.17) is 16.3 Å². The van der Waals surface area contributed by atoms with Crippen molar-refractivity contribution >= 4 is 40.5 Å². The molecule has 4 aromatic rings. The summed E-state index contributed by atoms with van der Waals surface area (Å²) in [4.78, 5) is 38.0. The van der Waals surface area contributed by atoms with Gasteiger partial charge in [0.1, 0.15) is 18.3 Å². The van der Waals surface area contributed by atoms with E-state index in [-0.39, 0.29) is 29.9 Å². The van der Waals surface area contributed by atoms with Crippen molar-refractivity contribution in [2.45, 2.75) is 30.5 Å². The van der Waals surface area contributed by atoms with Crippen LogP contribution in [0.3, 0.4) is 0 Å². The highest BCUT2D eigenvalue weighted by Gasteiger charge is 2.46. The van der Waals surface area contributed by atoms with Crippen LogP contribution in [0.15, 0.2) is 67.0 Å². The number of carbonyl (C=O) groups is 2. The van der Waals surface area contributed by atoms with E-state index in [1.807, 2.05) is 36.4 Å². The monoisotopic (exact) mass is 563 g/mol. The fourth-order valence-electron chi connectivity index (χ4n) is 5.13. The molecule has 206 valence electrons. The van der Waals surface area contributed by atoms with Crippen LogP contribution in [-0.2, 0) is 9.53 Å². The van der Waals surface area contributed by atoms with Crippen molar-refractivity contribution in [1.29, 1.82) is 0 Å². The molecule has 0 bridgehead atoms. The van der Waals surface area contributed by atoms with Gasteiger partial charge in [-0.1, -0.05) is 60.7 Å². The van der Waals surface area contributed by atoms with Crippen LogP contribution >= 0.6 is 11.6 Å². The number of benzene rings is 2. The highest BCUT2D eigenvalue weighted by Crippen LogP contribution is 2.34. The van der Waals surface area contributed by atoms with Crippen molar-refractivity contribution in [2.75, 3.05) is 25.0 Å². The van der Waals surface area contributed by atoms with E-state index < -0.39 is 36.5 Å². The second-order valence-electron chi connectivity index (χ2n) is 9.63. The molecule has 2 saturated heterocycles. The Kier molecular flexibility index (Phi) is 7.07. The second-order valence-corrected chi connectivity index (χ2v) is 9.97. The van der Waals surface area contributed by atoms with Gasteiger partial charge in [0.2, 0.25) is 11.2 Å². The number of anilines is 1. The lowest BCUT2D eigenvalue weighted by molar-refractivity contribution is -0.127. The number of ether oxygens (including phenoxy) is 1. The number of carbonyl (C=O) groups excluding carboxylic acids is 2. The summed E-state index contributed by atoms with van der Waals surface area (Å²) in [5, 5.41) is 27.2. The minimum atomic E-state index is -1.38. The Balaban J connectivity index is 1.26. The fraction of sp³-hybridized carbons (Fsp3) is 0.296. The highest BCUT2D eigenvalue weighted by atomic mass is 35.5. The molecule has 4 N–H and O–H groups in total.